The van der Waals surface area contributed by atoms with E-state index in [1.54, 1.807) is 0 Å². The minimum Gasteiger partial charge on any atom is -0.599 e. The Hall–Kier alpha value is -1.92. The second-order valence-electron chi connectivity index (χ2n) is 4.98. The van der Waals surface area contributed by atoms with Crippen molar-refractivity contribution in [3.8, 4) is 0 Å². The lowest BCUT2D eigenvalue weighted by Gasteiger charge is -2.48. The van der Waals surface area contributed by atoms with Crippen molar-refractivity contribution >= 4 is 18.9 Å². The number of rotatable bonds is 0. The van der Waals surface area contributed by atoms with Crippen molar-refractivity contribution in [2.75, 3.05) is 0 Å². The molecule has 2 aliphatic rings. The van der Waals surface area contributed by atoms with E-state index < -0.39 is 54.8 Å². The Kier molecular flexibility index (Phi) is 4.05. The van der Waals surface area contributed by atoms with Crippen LogP contribution in [0.3, 0.4) is 0 Å². The fourth-order valence-electron chi connectivity index (χ4n) is 2.49. The number of carbonyl (C=O) groups is 2. The lowest BCUT2D eigenvalue weighted by molar-refractivity contribution is -0.464. The molecule has 19 heteroatoms. The van der Waals surface area contributed by atoms with Gasteiger partial charge in [-0.2, -0.15) is 52.7 Å². The highest BCUT2D eigenvalue weighted by Crippen LogP contribution is 2.68. The molecule has 1 spiro atoms. The third-order valence-corrected chi connectivity index (χ3v) is 3.40. The lowest BCUT2D eigenvalue weighted by Crippen LogP contribution is -2.79. The zero-order valence-corrected chi connectivity index (χ0v) is 11.6. The van der Waals surface area contributed by atoms with E-state index in [9.17, 15) is 62.3 Å². The zero-order valence-electron chi connectivity index (χ0n) is 11.6. The molecule has 156 valence electrons. The van der Waals surface area contributed by atoms with Gasteiger partial charge in [-0.25, -0.2) is 9.59 Å². The molecule has 0 unspecified atom stereocenters. The van der Waals surface area contributed by atoms with Gasteiger partial charge in [0, 0.05) is 0 Å². The SMILES string of the molecule is O=C1O[B-]2(OC1=O)OC(C(F)(F)F)(C(F)(F)F)C(C(F)(F)F)(C(F)(F)F)O2. The Labute approximate surface area is 137 Å². The quantitative estimate of drug-likeness (QED) is 0.333. The van der Waals surface area contributed by atoms with Crippen LogP contribution in [0.5, 0.6) is 0 Å². The van der Waals surface area contributed by atoms with Gasteiger partial charge in [0.1, 0.15) is 0 Å². The van der Waals surface area contributed by atoms with Gasteiger partial charge in [-0.15, -0.1) is 0 Å². The molecule has 0 saturated carbocycles. The van der Waals surface area contributed by atoms with Crippen molar-refractivity contribution < 1.29 is 80.9 Å². The van der Waals surface area contributed by atoms with E-state index in [0.717, 1.165) is 0 Å². The molecule has 0 aliphatic carbocycles. The second-order valence-corrected chi connectivity index (χ2v) is 4.98. The van der Waals surface area contributed by atoms with Crippen LogP contribution in [0.1, 0.15) is 0 Å². The van der Waals surface area contributed by atoms with Crippen molar-refractivity contribution in [3.63, 3.8) is 0 Å². The summed E-state index contributed by atoms with van der Waals surface area (Å²) < 4.78 is 170. The molecule has 2 saturated heterocycles. The summed E-state index contributed by atoms with van der Waals surface area (Å²) in [6.45, 7) is -5.88. The maximum atomic E-state index is 13.1. The first kappa shape index (κ1) is 21.4. The van der Waals surface area contributed by atoms with Gasteiger partial charge in [-0.3, -0.25) is 0 Å². The largest absolute Gasteiger partial charge is 0.658 e. The Morgan fingerprint density at radius 3 is 0.963 bits per heavy atom. The molecule has 0 N–H and O–H groups in total. The van der Waals surface area contributed by atoms with E-state index >= 15 is 0 Å². The number of carbonyl (C=O) groups excluding carboxylic acids is 2. The molecular formula is C8BF12O6-. The minimum absolute atomic E-state index is 2.55. The van der Waals surface area contributed by atoms with Crippen LogP contribution >= 0.6 is 0 Å². The van der Waals surface area contributed by atoms with E-state index in [1.807, 2.05) is 0 Å². The van der Waals surface area contributed by atoms with E-state index in [-0.39, 0.29) is 0 Å². The Morgan fingerprint density at radius 2 is 0.778 bits per heavy atom. The summed E-state index contributed by atoms with van der Waals surface area (Å²) in [5.74, 6) is -5.10. The summed E-state index contributed by atoms with van der Waals surface area (Å²) in [7, 11) is 0. The number of alkyl halides is 12. The van der Waals surface area contributed by atoms with E-state index in [1.165, 1.54) is 0 Å². The van der Waals surface area contributed by atoms with Crippen LogP contribution in [0.2, 0.25) is 0 Å². The van der Waals surface area contributed by atoms with Crippen LogP contribution < -0.4 is 0 Å². The van der Waals surface area contributed by atoms with Crippen molar-refractivity contribution in [2.24, 2.45) is 0 Å². The van der Waals surface area contributed by atoms with E-state index in [2.05, 4.69) is 18.6 Å². The van der Waals surface area contributed by atoms with E-state index in [0.29, 0.717) is 0 Å². The molecule has 2 rings (SSSR count). The number of hydrogen-bond donors (Lipinski definition) is 0. The van der Waals surface area contributed by atoms with E-state index in [4.69, 9.17) is 0 Å². The number of hydrogen-bond acceptors (Lipinski definition) is 6. The standard InChI is InChI=1S/C8BF12O6/c10-5(11,12)3(6(13,14)15)4(7(16,17)18,8(19,20)21)27-9(26-3)24-1(22)2(23)25-9/q-1. The first-order chi connectivity index (χ1) is 11.7. The molecule has 0 bridgehead atoms. The average molecular weight is 431 g/mol. The zero-order chi connectivity index (χ0) is 21.5. The van der Waals surface area contributed by atoms with Gasteiger partial charge < -0.3 is 18.6 Å². The molecule has 0 aromatic carbocycles. The monoisotopic (exact) mass is 431 g/mol. The van der Waals surface area contributed by atoms with Crippen molar-refractivity contribution in [3.05, 3.63) is 0 Å². The Morgan fingerprint density at radius 1 is 0.556 bits per heavy atom. The fraction of sp³-hybridized carbons (Fsp3) is 0.750. The highest BCUT2D eigenvalue weighted by atomic mass is 19.4. The average Bonchev–Trinajstić information content (AvgIpc) is 2.83. The molecule has 0 aromatic heterocycles. The third-order valence-electron chi connectivity index (χ3n) is 3.40. The van der Waals surface area contributed by atoms with Gasteiger partial charge in [0.15, 0.2) is 0 Å². The molecule has 6 nitrogen and oxygen atoms in total. The van der Waals surface area contributed by atoms with Crippen LogP contribution in [-0.4, -0.2) is 54.8 Å². The maximum absolute atomic E-state index is 13.1. The van der Waals surface area contributed by atoms with Crippen molar-refractivity contribution in [2.45, 2.75) is 35.9 Å². The van der Waals surface area contributed by atoms with Gasteiger partial charge in [0.2, 0.25) is 0 Å². The first-order valence-electron chi connectivity index (χ1n) is 5.94. The molecule has 0 amide bonds. The third kappa shape index (κ3) is 2.46. The predicted molar refractivity (Wildman–Crippen MR) is 49.8 cm³/mol. The normalized spacial score (nSPS) is 24.9. The number of halogens is 12. The molecule has 27 heavy (non-hydrogen) atoms. The predicted octanol–water partition coefficient (Wildman–Crippen LogP) is 2.30. The molecular weight excluding hydrogens is 431 g/mol. The van der Waals surface area contributed by atoms with Crippen LogP contribution in [0.25, 0.3) is 0 Å². The Bertz CT molecular complexity index is 587. The van der Waals surface area contributed by atoms with Crippen molar-refractivity contribution in [1.82, 2.24) is 0 Å². The van der Waals surface area contributed by atoms with Gasteiger partial charge in [0.05, 0.1) is 0 Å². The van der Waals surface area contributed by atoms with Gasteiger partial charge >= 0.3 is 43.6 Å². The van der Waals surface area contributed by atoms with Crippen LogP contribution in [0.15, 0.2) is 0 Å². The first-order valence-corrected chi connectivity index (χ1v) is 5.94. The summed E-state index contributed by atoms with van der Waals surface area (Å²) >= 11 is 0. The summed E-state index contributed by atoms with van der Waals surface area (Å²) in [6.07, 6.45) is -30.0. The summed E-state index contributed by atoms with van der Waals surface area (Å²) in [5, 5.41) is 0. The summed E-state index contributed by atoms with van der Waals surface area (Å²) in [6, 6.07) is 0. The molecule has 2 aliphatic heterocycles. The highest BCUT2D eigenvalue weighted by molar-refractivity contribution is 6.67. The molecule has 0 aromatic rings. The van der Waals surface area contributed by atoms with Gasteiger partial charge in [0.25, 0.3) is 11.2 Å². The van der Waals surface area contributed by atoms with Crippen LogP contribution in [0, 0.1) is 0 Å². The topological polar surface area (TPSA) is 71.1 Å². The molecule has 2 heterocycles. The van der Waals surface area contributed by atoms with Crippen molar-refractivity contribution in [1.29, 1.82) is 0 Å². The van der Waals surface area contributed by atoms with Crippen LogP contribution in [0.4, 0.5) is 52.7 Å². The fourth-order valence-corrected chi connectivity index (χ4v) is 2.49. The van der Waals surface area contributed by atoms with Gasteiger partial charge in [-0.05, 0) is 0 Å². The minimum atomic E-state index is -7.51. The molecule has 0 atom stereocenters. The molecule has 0 radical (unpaired) electrons. The highest BCUT2D eigenvalue weighted by Gasteiger charge is 2.99. The Balaban J connectivity index is 2.97. The molecule has 2 fully saturated rings. The second kappa shape index (κ2) is 5.12. The maximum Gasteiger partial charge on any atom is 0.658 e. The smallest absolute Gasteiger partial charge is 0.599 e. The summed E-state index contributed by atoms with van der Waals surface area (Å²) in [4.78, 5) is 21.6. The van der Waals surface area contributed by atoms with Gasteiger partial charge in [-0.1, -0.05) is 0 Å². The van der Waals surface area contributed by atoms with Crippen LogP contribution in [-0.2, 0) is 28.2 Å². The summed E-state index contributed by atoms with van der Waals surface area (Å²) in [5.41, 5.74) is -14.4. The lowest BCUT2D eigenvalue weighted by atomic mass is 9.79.